The van der Waals surface area contributed by atoms with Crippen LogP contribution in [-0.4, -0.2) is 10.5 Å². The average molecular weight is 365 g/mol. The van der Waals surface area contributed by atoms with E-state index in [0.717, 1.165) is 32.7 Å². The molecule has 0 atom stereocenters. The van der Waals surface area contributed by atoms with Crippen molar-refractivity contribution in [3.05, 3.63) is 77.5 Å². The maximum Gasteiger partial charge on any atom is 0.247 e. The lowest BCUT2D eigenvalue weighted by Gasteiger charge is -2.09. The summed E-state index contributed by atoms with van der Waals surface area (Å²) in [5.74, 6) is -0.217. The van der Waals surface area contributed by atoms with E-state index in [0.29, 0.717) is 6.04 Å². The summed E-state index contributed by atoms with van der Waals surface area (Å²) in [7, 11) is 0. The van der Waals surface area contributed by atoms with Crippen LogP contribution in [-0.2, 0) is 4.79 Å². The molecule has 3 nitrogen and oxygen atoms in total. The number of amides is 1. The summed E-state index contributed by atoms with van der Waals surface area (Å²) in [6.45, 7) is 7.80. The van der Waals surface area contributed by atoms with Crippen LogP contribution in [0.5, 0.6) is 0 Å². The van der Waals surface area contributed by atoms with Gasteiger partial charge in [0.15, 0.2) is 0 Å². The van der Waals surface area contributed by atoms with Crippen molar-refractivity contribution >= 4 is 46.3 Å². The lowest BCUT2D eigenvalue weighted by Crippen LogP contribution is -2.07. The third-order valence-corrected chi connectivity index (χ3v) is 4.45. The molecule has 3 rings (SSSR count). The first kappa shape index (κ1) is 18.0. The molecule has 0 bridgehead atoms. The van der Waals surface area contributed by atoms with Crippen LogP contribution in [0.15, 0.2) is 61.3 Å². The summed E-state index contributed by atoms with van der Waals surface area (Å²) >= 11 is 5.95. The van der Waals surface area contributed by atoms with Gasteiger partial charge in [0, 0.05) is 39.4 Å². The zero-order chi connectivity index (χ0) is 18.7. The van der Waals surface area contributed by atoms with E-state index in [9.17, 15) is 4.79 Å². The Morgan fingerprint density at radius 3 is 2.54 bits per heavy atom. The van der Waals surface area contributed by atoms with Gasteiger partial charge in [-0.2, -0.15) is 0 Å². The third kappa shape index (κ3) is 3.89. The number of rotatable bonds is 5. The molecule has 0 aliphatic rings. The number of nitrogens with one attached hydrogen (secondary N) is 1. The molecule has 0 aliphatic carbocycles. The van der Waals surface area contributed by atoms with Crippen LogP contribution in [0.4, 0.5) is 5.69 Å². The van der Waals surface area contributed by atoms with Crippen molar-refractivity contribution in [2.24, 2.45) is 0 Å². The minimum Gasteiger partial charge on any atom is -0.344 e. The molecule has 132 valence electrons. The molecule has 2 aromatic carbocycles. The van der Waals surface area contributed by atoms with Crippen molar-refractivity contribution in [3.8, 4) is 0 Å². The van der Waals surface area contributed by atoms with Crippen LogP contribution in [0, 0.1) is 0 Å². The van der Waals surface area contributed by atoms with Crippen molar-refractivity contribution in [2.75, 3.05) is 5.32 Å². The Kier molecular flexibility index (Phi) is 5.29. The Hall–Kier alpha value is -2.78. The van der Waals surface area contributed by atoms with Gasteiger partial charge in [0.25, 0.3) is 0 Å². The Bertz CT molecular complexity index is 981. The van der Waals surface area contributed by atoms with Gasteiger partial charge in [-0.05, 0) is 55.8 Å². The maximum absolute atomic E-state index is 11.6. The SMILES string of the molecule is C=CC(=O)Nc1ccc2c(c1)c(/C=C/c1ccc(Cl)cc1)cn2C(C)C. The van der Waals surface area contributed by atoms with Gasteiger partial charge < -0.3 is 9.88 Å². The molecule has 0 fully saturated rings. The Morgan fingerprint density at radius 1 is 1.15 bits per heavy atom. The molecule has 0 saturated heterocycles. The molecule has 0 unspecified atom stereocenters. The van der Waals surface area contributed by atoms with Gasteiger partial charge in [-0.1, -0.05) is 42.5 Å². The van der Waals surface area contributed by atoms with E-state index in [1.165, 1.54) is 6.08 Å². The Balaban J connectivity index is 2.04. The van der Waals surface area contributed by atoms with Gasteiger partial charge in [-0.25, -0.2) is 0 Å². The van der Waals surface area contributed by atoms with E-state index in [1.807, 2.05) is 42.5 Å². The predicted molar refractivity (Wildman–Crippen MR) is 112 cm³/mol. The topological polar surface area (TPSA) is 34.0 Å². The van der Waals surface area contributed by atoms with E-state index in [4.69, 9.17) is 11.6 Å². The highest BCUT2D eigenvalue weighted by atomic mass is 35.5. The highest BCUT2D eigenvalue weighted by Crippen LogP contribution is 2.29. The number of hydrogen-bond acceptors (Lipinski definition) is 1. The number of aromatic nitrogens is 1. The molecule has 3 aromatic rings. The largest absolute Gasteiger partial charge is 0.344 e. The Labute approximate surface area is 158 Å². The second kappa shape index (κ2) is 7.63. The van der Waals surface area contributed by atoms with Gasteiger partial charge in [0.2, 0.25) is 5.91 Å². The smallest absolute Gasteiger partial charge is 0.247 e. The first-order chi connectivity index (χ1) is 12.5. The average Bonchev–Trinajstić information content (AvgIpc) is 2.99. The molecular weight excluding hydrogens is 344 g/mol. The molecule has 4 heteroatoms. The summed E-state index contributed by atoms with van der Waals surface area (Å²) in [4.78, 5) is 11.6. The van der Waals surface area contributed by atoms with Crippen LogP contribution in [0.2, 0.25) is 5.02 Å². The van der Waals surface area contributed by atoms with Crippen molar-refractivity contribution in [2.45, 2.75) is 19.9 Å². The van der Waals surface area contributed by atoms with E-state index in [1.54, 1.807) is 0 Å². The van der Waals surface area contributed by atoms with Gasteiger partial charge in [-0.3, -0.25) is 4.79 Å². The molecule has 1 heterocycles. The van der Waals surface area contributed by atoms with Crippen molar-refractivity contribution in [1.82, 2.24) is 4.57 Å². The van der Waals surface area contributed by atoms with Gasteiger partial charge >= 0.3 is 0 Å². The Morgan fingerprint density at radius 2 is 1.88 bits per heavy atom. The standard InChI is InChI=1S/C22H21ClN2O/c1-4-22(26)24-19-11-12-21-20(13-19)17(14-25(21)15(2)3)8-5-16-6-9-18(23)10-7-16/h4-15H,1H2,2-3H3,(H,24,26)/b8-5+. The van der Waals surface area contributed by atoms with Crippen molar-refractivity contribution in [3.63, 3.8) is 0 Å². The summed E-state index contributed by atoms with van der Waals surface area (Å²) in [5, 5.41) is 4.64. The van der Waals surface area contributed by atoms with Crippen LogP contribution in [0.3, 0.4) is 0 Å². The van der Waals surface area contributed by atoms with Crippen molar-refractivity contribution in [1.29, 1.82) is 0 Å². The number of hydrogen-bond donors (Lipinski definition) is 1. The number of carbonyl (C=O) groups excluding carboxylic acids is 1. The second-order valence-corrected chi connectivity index (χ2v) is 6.83. The van der Waals surface area contributed by atoms with Gasteiger partial charge in [0.05, 0.1) is 0 Å². The molecule has 1 amide bonds. The number of anilines is 1. The summed E-state index contributed by atoms with van der Waals surface area (Å²) in [6.07, 6.45) is 7.56. The molecule has 1 N–H and O–H groups in total. The summed E-state index contributed by atoms with van der Waals surface area (Å²) in [5.41, 5.74) is 4.06. The third-order valence-electron chi connectivity index (χ3n) is 4.20. The normalized spacial score (nSPS) is 11.4. The lowest BCUT2D eigenvalue weighted by atomic mass is 10.1. The number of fused-ring (bicyclic) bond motifs is 1. The van der Waals surface area contributed by atoms with Crippen LogP contribution in [0.1, 0.15) is 31.0 Å². The monoisotopic (exact) mass is 364 g/mol. The zero-order valence-electron chi connectivity index (χ0n) is 14.9. The highest BCUT2D eigenvalue weighted by molar-refractivity contribution is 6.30. The van der Waals surface area contributed by atoms with Crippen molar-refractivity contribution < 1.29 is 4.79 Å². The molecule has 26 heavy (non-hydrogen) atoms. The predicted octanol–water partition coefficient (Wildman–Crippen LogP) is 6.17. The number of halogens is 1. The van der Waals surface area contributed by atoms with E-state index in [-0.39, 0.29) is 5.91 Å². The molecular formula is C22H21ClN2O. The molecule has 0 radical (unpaired) electrons. The molecule has 0 aliphatic heterocycles. The number of benzene rings is 2. The van der Waals surface area contributed by atoms with E-state index >= 15 is 0 Å². The molecule has 0 spiro atoms. The lowest BCUT2D eigenvalue weighted by molar-refractivity contribution is -0.111. The minimum absolute atomic E-state index is 0.217. The van der Waals surface area contributed by atoms with Crippen LogP contribution < -0.4 is 5.32 Å². The fraction of sp³-hybridized carbons (Fsp3) is 0.136. The fourth-order valence-corrected chi connectivity index (χ4v) is 3.00. The second-order valence-electron chi connectivity index (χ2n) is 6.40. The van der Waals surface area contributed by atoms with Gasteiger partial charge in [-0.15, -0.1) is 0 Å². The molecule has 0 saturated carbocycles. The van der Waals surface area contributed by atoms with E-state index < -0.39 is 0 Å². The quantitative estimate of drug-likeness (QED) is 0.539. The maximum atomic E-state index is 11.6. The van der Waals surface area contributed by atoms with Crippen LogP contribution >= 0.6 is 11.6 Å². The fourth-order valence-electron chi connectivity index (χ4n) is 2.87. The molecule has 1 aromatic heterocycles. The van der Waals surface area contributed by atoms with Crippen LogP contribution in [0.25, 0.3) is 23.1 Å². The highest BCUT2D eigenvalue weighted by Gasteiger charge is 2.10. The van der Waals surface area contributed by atoms with Gasteiger partial charge in [0.1, 0.15) is 0 Å². The summed E-state index contributed by atoms with van der Waals surface area (Å²) in [6, 6.07) is 14.0. The summed E-state index contributed by atoms with van der Waals surface area (Å²) < 4.78 is 2.23. The number of carbonyl (C=O) groups is 1. The zero-order valence-corrected chi connectivity index (χ0v) is 15.6. The minimum atomic E-state index is -0.217. The number of nitrogens with zero attached hydrogens (tertiary/aromatic N) is 1. The van der Waals surface area contributed by atoms with E-state index in [2.05, 4.69) is 48.7 Å². The first-order valence-electron chi connectivity index (χ1n) is 8.49. The first-order valence-corrected chi connectivity index (χ1v) is 8.87.